The van der Waals surface area contributed by atoms with Crippen molar-refractivity contribution in [3.8, 4) is 0 Å². The highest BCUT2D eigenvalue weighted by Crippen LogP contribution is 2.26. The minimum atomic E-state index is 0.612. The maximum absolute atomic E-state index is 5.66. The molecule has 0 saturated carbocycles. The van der Waals surface area contributed by atoms with Crippen molar-refractivity contribution >= 4 is 34.7 Å². The van der Waals surface area contributed by atoms with Gasteiger partial charge in [0, 0.05) is 11.1 Å². The Morgan fingerprint density at radius 2 is 2.45 bits per heavy atom. The van der Waals surface area contributed by atoms with E-state index in [1.165, 1.54) is 0 Å². The molecule has 62 valence electrons. The van der Waals surface area contributed by atoms with Gasteiger partial charge in [-0.3, -0.25) is 0 Å². The van der Waals surface area contributed by atoms with E-state index >= 15 is 0 Å². The maximum atomic E-state index is 5.66. The number of rotatable bonds is 3. The molecule has 1 nitrogen and oxygen atoms in total. The fourth-order valence-electron chi connectivity index (χ4n) is 0.543. The van der Waals surface area contributed by atoms with Gasteiger partial charge in [-0.15, -0.1) is 11.3 Å². The lowest BCUT2D eigenvalue weighted by atomic mass is 10.3. The molecule has 0 fully saturated rings. The second kappa shape index (κ2) is 4.33. The highest BCUT2D eigenvalue weighted by Gasteiger charge is 2.01. The lowest BCUT2D eigenvalue weighted by Crippen LogP contribution is -1.89. The largest absolute Gasteiger partial charge is 0.218 e. The van der Waals surface area contributed by atoms with E-state index in [-0.39, 0.29) is 0 Å². The molecule has 0 amide bonds. The van der Waals surface area contributed by atoms with Crippen molar-refractivity contribution in [1.29, 1.82) is 0 Å². The van der Waals surface area contributed by atoms with Crippen molar-refractivity contribution in [1.82, 2.24) is 4.98 Å². The summed E-state index contributed by atoms with van der Waals surface area (Å²) >= 11 is 9.05. The van der Waals surface area contributed by atoms with Gasteiger partial charge in [-0.05, 0) is 5.92 Å². The summed E-state index contributed by atoms with van der Waals surface area (Å²) in [7, 11) is 0. The third kappa shape index (κ3) is 3.45. The zero-order valence-corrected chi connectivity index (χ0v) is 8.89. The van der Waals surface area contributed by atoms with Gasteiger partial charge in [-0.2, -0.15) is 0 Å². The zero-order chi connectivity index (χ0) is 8.27. The molecule has 1 heterocycles. The summed E-state index contributed by atoms with van der Waals surface area (Å²) in [6.07, 6.45) is 0. The van der Waals surface area contributed by atoms with Crippen LogP contribution >= 0.6 is 34.7 Å². The standard InChI is InChI=1S/C7H10ClNS2/c1-5(2)3-10-7-9-6(8)4-11-7/h4-5H,3H2,1-2H3. The van der Waals surface area contributed by atoms with Gasteiger partial charge in [0.2, 0.25) is 0 Å². The molecule has 0 saturated heterocycles. The normalized spacial score (nSPS) is 10.9. The second-order valence-electron chi connectivity index (χ2n) is 2.64. The van der Waals surface area contributed by atoms with Gasteiger partial charge < -0.3 is 0 Å². The molecule has 0 spiro atoms. The van der Waals surface area contributed by atoms with Gasteiger partial charge in [0.05, 0.1) is 0 Å². The molecule has 1 rings (SSSR count). The van der Waals surface area contributed by atoms with Crippen LogP contribution in [0.4, 0.5) is 0 Å². The SMILES string of the molecule is CC(C)CSc1nc(Cl)cs1. The molecule has 0 bridgehead atoms. The highest BCUT2D eigenvalue weighted by molar-refractivity contribution is 8.01. The Bertz CT molecular complexity index is 222. The summed E-state index contributed by atoms with van der Waals surface area (Å²) in [5.41, 5.74) is 0. The smallest absolute Gasteiger partial charge is 0.151 e. The third-order valence-corrected chi connectivity index (χ3v) is 3.77. The maximum Gasteiger partial charge on any atom is 0.151 e. The molecule has 4 heteroatoms. The predicted molar refractivity (Wildman–Crippen MR) is 52.7 cm³/mol. The van der Waals surface area contributed by atoms with E-state index < -0.39 is 0 Å². The molecule has 0 unspecified atom stereocenters. The van der Waals surface area contributed by atoms with Crippen molar-refractivity contribution < 1.29 is 0 Å². The molecule has 0 atom stereocenters. The van der Waals surface area contributed by atoms with Crippen LogP contribution in [0, 0.1) is 5.92 Å². The molecule has 1 aromatic rings. The fraction of sp³-hybridized carbons (Fsp3) is 0.571. The average molecular weight is 208 g/mol. The number of nitrogens with zero attached hydrogens (tertiary/aromatic N) is 1. The molecule has 0 aliphatic carbocycles. The molecular formula is C7H10ClNS2. The molecule has 1 aromatic heterocycles. The van der Waals surface area contributed by atoms with Crippen molar-refractivity contribution in [2.75, 3.05) is 5.75 Å². The molecule has 0 aliphatic heterocycles. The summed E-state index contributed by atoms with van der Waals surface area (Å²) in [6, 6.07) is 0. The van der Waals surface area contributed by atoms with Gasteiger partial charge >= 0.3 is 0 Å². The van der Waals surface area contributed by atoms with E-state index in [4.69, 9.17) is 11.6 Å². The topological polar surface area (TPSA) is 12.9 Å². The van der Waals surface area contributed by atoms with Crippen LogP contribution in [-0.2, 0) is 0 Å². The fourth-order valence-corrected chi connectivity index (χ4v) is 2.52. The van der Waals surface area contributed by atoms with Gasteiger partial charge in [0.15, 0.2) is 4.34 Å². The van der Waals surface area contributed by atoms with Crippen LogP contribution in [0.25, 0.3) is 0 Å². The van der Waals surface area contributed by atoms with Gasteiger partial charge in [0.1, 0.15) is 5.15 Å². The first-order valence-corrected chi connectivity index (χ1v) is 5.66. The number of thiazole rings is 1. The molecule has 11 heavy (non-hydrogen) atoms. The zero-order valence-electron chi connectivity index (χ0n) is 6.50. The molecule has 0 aliphatic rings. The second-order valence-corrected chi connectivity index (χ2v) is 5.15. The van der Waals surface area contributed by atoms with Crippen molar-refractivity contribution in [3.05, 3.63) is 10.5 Å². The van der Waals surface area contributed by atoms with E-state index in [2.05, 4.69) is 18.8 Å². The minimum Gasteiger partial charge on any atom is -0.218 e. The summed E-state index contributed by atoms with van der Waals surface area (Å²) < 4.78 is 1.07. The highest BCUT2D eigenvalue weighted by atomic mass is 35.5. The first-order chi connectivity index (χ1) is 5.18. The Morgan fingerprint density at radius 3 is 2.91 bits per heavy atom. The van der Waals surface area contributed by atoms with E-state index in [0.29, 0.717) is 11.1 Å². The van der Waals surface area contributed by atoms with E-state index in [1.807, 2.05) is 5.38 Å². The predicted octanol–water partition coefficient (Wildman–Crippen LogP) is 3.54. The van der Waals surface area contributed by atoms with Crippen LogP contribution in [0.1, 0.15) is 13.8 Å². The Labute approximate surface area is 80.2 Å². The monoisotopic (exact) mass is 207 g/mol. The lowest BCUT2D eigenvalue weighted by molar-refractivity contribution is 0.750. The number of halogens is 1. The summed E-state index contributed by atoms with van der Waals surface area (Å²) in [6.45, 7) is 4.39. The Morgan fingerprint density at radius 1 is 1.73 bits per heavy atom. The number of hydrogen-bond acceptors (Lipinski definition) is 3. The molecule has 0 aromatic carbocycles. The first kappa shape index (κ1) is 9.36. The van der Waals surface area contributed by atoms with Gasteiger partial charge in [-0.1, -0.05) is 37.2 Å². The number of thioether (sulfide) groups is 1. The van der Waals surface area contributed by atoms with Crippen molar-refractivity contribution in [2.24, 2.45) is 5.92 Å². The summed E-state index contributed by atoms with van der Waals surface area (Å²) in [4.78, 5) is 4.13. The first-order valence-electron chi connectivity index (χ1n) is 3.42. The van der Waals surface area contributed by atoms with Gasteiger partial charge in [0.25, 0.3) is 0 Å². The van der Waals surface area contributed by atoms with Crippen LogP contribution in [0.2, 0.25) is 5.15 Å². The molecule has 0 radical (unpaired) electrons. The quantitative estimate of drug-likeness (QED) is 0.704. The Kier molecular flexibility index (Phi) is 3.69. The Hall–Kier alpha value is 0.270. The van der Waals surface area contributed by atoms with Gasteiger partial charge in [-0.25, -0.2) is 4.98 Å². The van der Waals surface area contributed by atoms with E-state index in [0.717, 1.165) is 10.1 Å². The minimum absolute atomic E-state index is 0.612. The van der Waals surface area contributed by atoms with Crippen LogP contribution in [0.5, 0.6) is 0 Å². The number of aromatic nitrogens is 1. The van der Waals surface area contributed by atoms with E-state index in [9.17, 15) is 0 Å². The summed E-state index contributed by atoms with van der Waals surface area (Å²) in [5, 5.41) is 2.48. The van der Waals surface area contributed by atoms with Crippen LogP contribution in [0.3, 0.4) is 0 Å². The van der Waals surface area contributed by atoms with Crippen molar-refractivity contribution in [3.63, 3.8) is 0 Å². The number of hydrogen-bond donors (Lipinski definition) is 0. The van der Waals surface area contributed by atoms with Crippen LogP contribution in [-0.4, -0.2) is 10.7 Å². The Balaban J connectivity index is 2.39. The van der Waals surface area contributed by atoms with E-state index in [1.54, 1.807) is 23.1 Å². The van der Waals surface area contributed by atoms with Crippen molar-refractivity contribution in [2.45, 2.75) is 18.2 Å². The molecular weight excluding hydrogens is 198 g/mol. The van der Waals surface area contributed by atoms with Crippen LogP contribution < -0.4 is 0 Å². The average Bonchev–Trinajstić information content (AvgIpc) is 2.31. The molecule has 0 N–H and O–H groups in total. The third-order valence-electron chi connectivity index (χ3n) is 0.995. The lowest BCUT2D eigenvalue weighted by Gasteiger charge is -1.99. The van der Waals surface area contributed by atoms with Crippen LogP contribution in [0.15, 0.2) is 9.72 Å². The summed E-state index contributed by atoms with van der Waals surface area (Å²) in [5.74, 6) is 1.83.